The SMILES string of the molecule is Cn1ccnc1SCc1sccc1C=CC(=O)O. The molecule has 0 saturated carbocycles. The van der Waals surface area contributed by atoms with Crippen LogP contribution in [-0.4, -0.2) is 20.6 Å². The van der Waals surface area contributed by atoms with Crippen LogP contribution < -0.4 is 0 Å². The second kappa shape index (κ2) is 5.88. The van der Waals surface area contributed by atoms with Crippen LogP contribution in [0, 0.1) is 0 Å². The molecule has 0 radical (unpaired) electrons. The molecule has 0 aromatic carbocycles. The Labute approximate surface area is 113 Å². The first-order chi connectivity index (χ1) is 8.66. The number of carboxylic acids is 1. The summed E-state index contributed by atoms with van der Waals surface area (Å²) in [7, 11) is 1.95. The molecule has 1 N–H and O–H groups in total. The number of carboxylic acid groups (broad SMARTS) is 1. The van der Waals surface area contributed by atoms with Crippen LogP contribution in [0.5, 0.6) is 0 Å². The van der Waals surface area contributed by atoms with Crippen molar-refractivity contribution in [1.82, 2.24) is 9.55 Å². The summed E-state index contributed by atoms with van der Waals surface area (Å²) >= 11 is 3.27. The number of thioether (sulfide) groups is 1. The van der Waals surface area contributed by atoms with Gasteiger partial charge in [0.05, 0.1) is 0 Å². The third-order valence-corrected chi connectivity index (χ3v) is 4.50. The lowest BCUT2D eigenvalue weighted by Gasteiger charge is -2.01. The zero-order valence-corrected chi connectivity index (χ0v) is 11.4. The van der Waals surface area contributed by atoms with Crippen LogP contribution in [0.3, 0.4) is 0 Å². The zero-order chi connectivity index (χ0) is 13.0. The molecule has 0 aliphatic heterocycles. The Morgan fingerprint density at radius 1 is 1.67 bits per heavy atom. The molecule has 94 valence electrons. The lowest BCUT2D eigenvalue weighted by Crippen LogP contribution is -1.90. The van der Waals surface area contributed by atoms with Gasteiger partial charge in [0, 0.05) is 36.1 Å². The van der Waals surface area contributed by atoms with Gasteiger partial charge in [-0.15, -0.1) is 11.3 Å². The molecule has 0 unspecified atom stereocenters. The van der Waals surface area contributed by atoms with Crippen molar-refractivity contribution < 1.29 is 9.90 Å². The average Bonchev–Trinajstić information content (AvgIpc) is 2.92. The number of nitrogens with zero attached hydrogens (tertiary/aromatic N) is 2. The Morgan fingerprint density at radius 3 is 3.17 bits per heavy atom. The molecule has 2 rings (SSSR count). The van der Waals surface area contributed by atoms with Crippen LogP contribution >= 0.6 is 23.1 Å². The van der Waals surface area contributed by atoms with Crippen molar-refractivity contribution in [3.05, 3.63) is 40.4 Å². The summed E-state index contributed by atoms with van der Waals surface area (Å²) in [5.41, 5.74) is 0.962. The lowest BCUT2D eigenvalue weighted by molar-refractivity contribution is -0.131. The number of rotatable bonds is 5. The summed E-state index contributed by atoms with van der Waals surface area (Å²) in [4.78, 5) is 15.9. The van der Waals surface area contributed by atoms with Crippen molar-refractivity contribution in [3.63, 3.8) is 0 Å². The summed E-state index contributed by atoms with van der Waals surface area (Å²) in [5.74, 6) is -0.133. The molecule has 4 nitrogen and oxygen atoms in total. The Bertz CT molecular complexity index is 572. The fourth-order valence-electron chi connectivity index (χ4n) is 1.40. The van der Waals surface area contributed by atoms with Crippen LogP contribution in [-0.2, 0) is 17.6 Å². The van der Waals surface area contributed by atoms with Crippen LogP contribution in [0.15, 0.2) is 35.1 Å². The van der Waals surface area contributed by atoms with E-state index >= 15 is 0 Å². The minimum absolute atomic E-state index is 0.793. The van der Waals surface area contributed by atoms with Crippen molar-refractivity contribution in [2.45, 2.75) is 10.9 Å². The van der Waals surface area contributed by atoms with Crippen LogP contribution in [0.2, 0.25) is 0 Å². The molecule has 0 saturated heterocycles. The number of hydrogen-bond donors (Lipinski definition) is 1. The zero-order valence-electron chi connectivity index (χ0n) is 9.74. The molecule has 0 aliphatic rings. The largest absolute Gasteiger partial charge is 0.478 e. The first-order valence-electron chi connectivity index (χ1n) is 5.24. The van der Waals surface area contributed by atoms with Crippen molar-refractivity contribution in [1.29, 1.82) is 0 Å². The van der Waals surface area contributed by atoms with E-state index in [-0.39, 0.29) is 0 Å². The molecular weight excluding hydrogens is 268 g/mol. The quantitative estimate of drug-likeness (QED) is 0.676. The van der Waals surface area contributed by atoms with Gasteiger partial charge in [0.1, 0.15) is 0 Å². The van der Waals surface area contributed by atoms with E-state index < -0.39 is 5.97 Å². The van der Waals surface area contributed by atoms with Crippen molar-refractivity contribution in [2.24, 2.45) is 7.05 Å². The number of thiophene rings is 1. The molecule has 0 spiro atoms. The number of aliphatic carboxylic acids is 1. The summed E-state index contributed by atoms with van der Waals surface area (Å²) < 4.78 is 1.96. The normalized spacial score (nSPS) is 11.2. The van der Waals surface area contributed by atoms with Crippen LogP contribution in [0.4, 0.5) is 0 Å². The molecule has 18 heavy (non-hydrogen) atoms. The minimum atomic E-state index is -0.927. The first kappa shape index (κ1) is 12.9. The number of hydrogen-bond acceptors (Lipinski definition) is 4. The van der Waals surface area contributed by atoms with E-state index in [0.717, 1.165) is 27.4 Å². The Hall–Kier alpha value is -1.53. The maximum Gasteiger partial charge on any atom is 0.328 e. The number of aryl methyl sites for hydroxylation is 1. The fraction of sp³-hybridized carbons (Fsp3) is 0.167. The molecule has 6 heteroatoms. The van der Waals surface area contributed by atoms with Gasteiger partial charge in [-0.1, -0.05) is 11.8 Å². The van der Waals surface area contributed by atoms with Gasteiger partial charge in [-0.2, -0.15) is 0 Å². The molecule has 2 heterocycles. The van der Waals surface area contributed by atoms with Crippen LogP contribution in [0.1, 0.15) is 10.4 Å². The molecule has 0 amide bonds. The van der Waals surface area contributed by atoms with E-state index in [4.69, 9.17) is 5.11 Å². The summed E-state index contributed by atoms with van der Waals surface area (Å²) in [6, 6.07) is 1.93. The fourth-order valence-corrected chi connectivity index (χ4v) is 3.33. The highest BCUT2D eigenvalue weighted by Crippen LogP contribution is 2.27. The summed E-state index contributed by atoms with van der Waals surface area (Å²) in [6.07, 6.45) is 6.47. The van der Waals surface area contributed by atoms with Gasteiger partial charge in [-0.05, 0) is 23.1 Å². The minimum Gasteiger partial charge on any atom is -0.478 e. The van der Waals surface area contributed by atoms with Crippen molar-refractivity contribution in [3.8, 4) is 0 Å². The number of aromatic nitrogens is 2. The Balaban J connectivity index is 2.04. The van der Waals surface area contributed by atoms with Gasteiger partial charge in [0.25, 0.3) is 0 Å². The average molecular weight is 280 g/mol. The number of imidazole rings is 1. The second-order valence-electron chi connectivity index (χ2n) is 3.58. The van der Waals surface area contributed by atoms with E-state index in [9.17, 15) is 4.79 Å². The maximum atomic E-state index is 10.5. The molecule has 0 bridgehead atoms. The van der Waals surface area contributed by atoms with Gasteiger partial charge in [-0.25, -0.2) is 9.78 Å². The van der Waals surface area contributed by atoms with Crippen LogP contribution in [0.25, 0.3) is 6.08 Å². The number of carbonyl (C=O) groups is 1. The van der Waals surface area contributed by atoms with Crippen molar-refractivity contribution >= 4 is 35.1 Å². The Morgan fingerprint density at radius 2 is 2.50 bits per heavy atom. The van der Waals surface area contributed by atoms with E-state index in [1.165, 1.54) is 0 Å². The smallest absolute Gasteiger partial charge is 0.328 e. The van der Waals surface area contributed by atoms with E-state index in [1.807, 2.05) is 29.3 Å². The Kier molecular flexibility index (Phi) is 4.22. The monoisotopic (exact) mass is 280 g/mol. The molecular formula is C12H12N2O2S2. The summed E-state index contributed by atoms with van der Waals surface area (Å²) in [5, 5.41) is 11.5. The van der Waals surface area contributed by atoms with E-state index in [2.05, 4.69) is 4.98 Å². The third-order valence-electron chi connectivity index (χ3n) is 2.29. The molecule has 0 aliphatic carbocycles. The van der Waals surface area contributed by atoms with Gasteiger partial charge >= 0.3 is 5.97 Å². The molecule has 0 atom stereocenters. The highest BCUT2D eigenvalue weighted by atomic mass is 32.2. The predicted molar refractivity (Wildman–Crippen MR) is 73.8 cm³/mol. The highest BCUT2D eigenvalue weighted by Gasteiger charge is 2.05. The van der Waals surface area contributed by atoms with E-state index in [0.29, 0.717) is 0 Å². The maximum absolute atomic E-state index is 10.5. The van der Waals surface area contributed by atoms with Crippen molar-refractivity contribution in [2.75, 3.05) is 0 Å². The molecule has 2 aromatic rings. The van der Waals surface area contributed by atoms with E-state index in [1.54, 1.807) is 35.4 Å². The van der Waals surface area contributed by atoms with Gasteiger partial charge in [-0.3, -0.25) is 0 Å². The second-order valence-corrected chi connectivity index (χ2v) is 5.52. The molecule has 2 aromatic heterocycles. The van der Waals surface area contributed by atoms with Gasteiger partial charge in [0.15, 0.2) is 5.16 Å². The summed E-state index contributed by atoms with van der Waals surface area (Å²) in [6.45, 7) is 0. The highest BCUT2D eigenvalue weighted by molar-refractivity contribution is 7.98. The van der Waals surface area contributed by atoms with Gasteiger partial charge in [0.2, 0.25) is 0 Å². The topological polar surface area (TPSA) is 55.1 Å². The standard InChI is InChI=1S/C12H12N2O2S2/c1-14-6-5-13-12(14)18-8-10-9(4-7-17-10)2-3-11(15)16/h2-7H,8H2,1H3,(H,15,16). The predicted octanol–water partition coefficient (Wildman–Crippen LogP) is 2.87. The molecule has 0 fully saturated rings. The van der Waals surface area contributed by atoms with Gasteiger partial charge < -0.3 is 9.67 Å². The third kappa shape index (κ3) is 3.24. The lowest BCUT2D eigenvalue weighted by atomic mass is 10.2. The first-order valence-corrected chi connectivity index (χ1v) is 7.11.